The third kappa shape index (κ3) is 5.79. The van der Waals surface area contributed by atoms with Crippen molar-refractivity contribution in [3.05, 3.63) is 18.7 Å². The Kier molecular flexibility index (Phi) is 7.05. The van der Waals surface area contributed by atoms with E-state index in [1.54, 1.807) is 19.6 Å². The number of rotatable bonds is 9. The number of hydrogen-bond acceptors (Lipinski definition) is 4. The second-order valence-electron chi connectivity index (χ2n) is 4.11. The van der Waals surface area contributed by atoms with E-state index in [9.17, 15) is 4.79 Å². The van der Waals surface area contributed by atoms with E-state index < -0.39 is 0 Å². The molecule has 0 aromatic carbocycles. The maximum Gasteiger partial charge on any atom is 0.236 e. The SMILES string of the molecule is COCCNC(=O)C(C)NCCCn1ccnc1. The van der Waals surface area contributed by atoms with E-state index in [-0.39, 0.29) is 11.9 Å². The molecule has 0 radical (unpaired) electrons. The minimum absolute atomic E-state index is 0.00896. The lowest BCUT2D eigenvalue weighted by Crippen LogP contribution is -2.43. The van der Waals surface area contributed by atoms with Crippen molar-refractivity contribution in [3.8, 4) is 0 Å². The molecule has 1 unspecified atom stereocenters. The molecule has 1 aromatic rings. The first-order chi connectivity index (χ1) is 8.74. The van der Waals surface area contributed by atoms with Crippen LogP contribution in [0.2, 0.25) is 0 Å². The molecule has 0 bridgehead atoms. The van der Waals surface area contributed by atoms with Crippen molar-refractivity contribution >= 4 is 5.91 Å². The monoisotopic (exact) mass is 254 g/mol. The molecular formula is C12H22N4O2. The fourth-order valence-corrected chi connectivity index (χ4v) is 1.52. The zero-order valence-electron chi connectivity index (χ0n) is 11.1. The third-order valence-corrected chi connectivity index (χ3v) is 2.60. The molecule has 0 spiro atoms. The van der Waals surface area contributed by atoms with E-state index in [0.717, 1.165) is 19.5 Å². The van der Waals surface area contributed by atoms with E-state index in [0.29, 0.717) is 13.2 Å². The molecule has 1 aromatic heterocycles. The number of nitrogens with zero attached hydrogens (tertiary/aromatic N) is 2. The molecule has 1 atom stereocenters. The number of imidazole rings is 1. The van der Waals surface area contributed by atoms with Crippen LogP contribution in [0, 0.1) is 0 Å². The van der Waals surface area contributed by atoms with E-state index in [2.05, 4.69) is 15.6 Å². The number of methoxy groups -OCH3 is 1. The van der Waals surface area contributed by atoms with E-state index in [4.69, 9.17) is 4.74 Å². The Balaban J connectivity index is 2.05. The molecule has 1 rings (SSSR count). The van der Waals surface area contributed by atoms with Crippen LogP contribution in [-0.4, -0.2) is 48.3 Å². The lowest BCUT2D eigenvalue weighted by atomic mass is 10.3. The van der Waals surface area contributed by atoms with E-state index >= 15 is 0 Å². The van der Waals surface area contributed by atoms with Crippen LogP contribution in [0.5, 0.6) is 0 Å². The third-order valence-electron chi connectivity index (χ3n) is 2.60. The van der Waals surface area contributed by atoms with Gasteiger partial charge in [0, 0.05) is 32.6 Å². The normalized spacial score (nSPS) is 12.3. The number of nitrogens with one attached hydrogen (secondary N) is 2. The van der Waals surface area contributed by atoms with Crippen LogP contribution in [0.3, 0.4) is 0 Å². The van der Waals surface area contributed by atoms with Crippen molar-refractivity contribution in [2.75, 3.05) is 26.8 Å². The van der Waals surface area contributed by atoms with Gasteiger partial charge in [0.15, 0.2) is 0 Å². The van der Waals surface area contributed by atoms with Gasteiger partial charge in [-0.2, -0.15) is 0 Å². The van der Waals surface area contributed by atoms with Crippen LogP contribution in [0.15, 0.2) is 18.7 Å². The molecular weight excluding hydrogens is 232 g/mol. The summed E-state index contributed by atoms with van der Waals surface area (Å²) in [5.74, 6) is 0.00896. The van der Waals surface area contributed by atoms with Gasteiger partial charge in [0.05, 0.1) is 19.0 Å². The molecule has 0 saturated heterocycles. The molecule has 0 fully saturated rings. The molecule has 2 N–H and O–H groups in total. The first-order valence-corrected chi connectivity index (χ1v) is 6.20. The minimum Gasteiger partial charge on any atom is -0.383 e. The summed E-state index contributed by atoms with van der Waals surface area (Å²) in [6.07, 6.45) is 6.45. The summed E-state index contributed by atoms with van der Waals surface area (Å²) in [5.41, 5.74) is 0. The van der Waals surface area contributed by atoms with Gasteiger partial charge >= 0.3 is 0 Å². The molecule has 0 saturated carbocycles. The fourth-order valence-electron chi connectivity index (χ4n) is 1.52. The second kappa shape index (κ2) is 8.66. The van der Waals surface area contributed by atoms with Crippen molar-refractivity contribution < 1.29 is 9.53 Å². The van der Waals surface area contributed by atoms with Crippen molar-refractivity contribution in [2.45, 2.75) is 25.9 Å². The average molecular weight is 254 g/mol. The van der Waals surface area contributed by atoms with E-state index in [1.165, 1.54) is 0 Å². The summed E-state index contributed by atoms with van der Waals surface area (Å²) in [4.78, 5) is 15.6. The van der Waals surface area contributed by atoms with E-state index in [1.807, 2.05) is 17.7 Å². The first-order valence-electron chi connectivity index (χ1n) is 6.20. The van der Waals surface area contributed by atoms with Gasteiger partial charge in [-0.1, -0.05) is 0 Å². The standard InChI is InChI=1S/C12H22N4O2/c1-11(12(17)15-6-9-18-2)14-4-3-7-16-8-5-13-10-16/h5,8,10-11,14H,3-4,6-7,9H2,1-2H3,(H,15,17). The average Bonchev–Trinajstić information content (AvgIpc) is 2.87. The lowest BCUT2D eigenvalue weighted by molar-refractivity contribution is -0.122. The Labute approximate surface area is 108 Å². The minimum atomic E-state index is -0.176. The topological polar surface area (TPSA) is 68.2 Å². The number of aromatic nitrogens is 2. The molecule has 18 heavy (non-hydrogen) atoms. The summed E-state index contributed by atoms with van der Waals surface area (Å²) in [6, 6.07) is -0.176. The Morgan fingerprint density at radius 3 is 3.00 bits per heavy atom. The van der Waals surface area contributed by atoms with Gasteiger partial charge < -0.3 is 19.9 Å². The fraction of sp³-hybridized carbons (Fsp3) is 0.667. The highest BCUT2D eigenvalue weighted by molar-refractivity contribution is 5.81. The van der Waals surface area contributed by atoms with Crippen LogP contribution in [-0.2, 0) is 16.1 Å². The number of ether oxygens (including phenoxy) is 1. The van der Waals surface area contributed by atoms with Crippen LogP contribution in [0.25, 0.3) is 0 Å². The number of carbonyl (C=O) groups excluding carboxylic acids is 1. The maximum absolute atomic E-state index is 11.6. The van der Waals surface area contributed by atoms with Gasteiger partial charge in [-0.15, -0.1) is 0 Å². The molecule has 1 heterocycles. The molecule has 6 heteroatoms. The van der Waals surface area contributed by atoms with Crippen molar-refractivity contribution in [1.29, 1.82) is 0 Å². The quantitative estimate of drug-likeness (QED) is 0.609. The van der Waals surface area contributed by atoms with Crippen molar-refractivity contribution in [3.63, 3.8) is 0 Å². The van der Waals surface area contributed by atoms with Crippen molar-refractivity contribution in [2.24, 2.45) is 0 Å². The van der Waals surface area contributed by atoms with Crippen LogP contribution >= 0.6 is 0 Å². The zero-order valence-corrected chi connectivity index (χ0v) is 11.1. The number of hydrogen-bond donors (Lipinski definition) is 2. The van der Waals surface area contributed by atoms with Gasteiger partial charge in [0.2, 0.25) is 5.91 Å². The molecule has 102 valence electrons. The highest BCUT2D eigenvalue weighted by Crippen LogP contribution is 1.90. The highest BCUT2D eigenvalue weighted by atomic mass is 16.5. The van der Waals surface area contributed by atoms with Crippen LogP contribution < -0.4 is 10.6 Å². The summed E-state index contributed by atoms with van der Waals surface area (Å²) >= 11 is 0. The summed E-state index contributed by atoms with van der Waals surface area (Å²) in [7, 11) is 1.62. The summed E-state index contributed by atoms with van der Waals surface area (Å²) < 4.78 is 6.89. The Morgan fingerprint density at radius 1 is 1.50 bits per heavy atom. The number of amides is 1. The number of aryl methyl sites for hydroxylation is 1. The van der Waals surface area contributed by atoms with Crippen LogP contribution in [0.4, 0.5) is 0 Å². The Hall–Kier alpha value is -1.40. The molecule has 6 nitrogen and oxygen atoms in total. The van der Waals surface area contributed by atoms with Gasteiger partial charge in [0.1, 0.15) is 0 Å². The largest absolute Gasteiger partial charge is 0.383 e. The summed E-state index contributed by atoms with van der Waals surface area (Å²) in [6.45, 7) is 4.66. The smallest absolute Gasteiger partial charge is 0.236 e. The molecule has 0 aliphatic rings. The predicted molar refractivity (Wildman–Crippen MR) is 69.2 cm³/mol. The second-order valence-corrected chi connectivity index (χ2v) is 4.11. The van der Waals surface area contributed by atoms with Gasteiger partial charge in [-0.25, -0.2) is 4.98 Å². The molecule has 0 aliphatic heterocycles. The van der Waals surface area contributed by atoms with Gasteiger partial charge in [0.25, 0.3) is 0 Å². The maximum atomic E-state index is 11.6. The van der Waals surface area contributed by atoms with Crippen LogP contribution in [0.1, 0.15) is 13.3 Å². The first kappa shape index (κ1) is 14.7. The number of carbonyl (C=O) groups is 1. The predicted octanol–water partition coefficient (Wildman–Crippen LogP) is 0.0139. The lowest BCUT2D eigenvalue weighted by Gasteiger charge is -2.13. The van der Waals surface area contributed by atoms with Gasteiger partial charge in [-0.3, -0.25) is 4.79 Å². The molecule has 0 aliphatic carbocycles. The Morgan fingerprint density at radius 2 is 2.33 bits per heavy atom. The molecule has 1 amide bonds. The van der Waals surface area contributed by atoms with Crippen molar-refractivity contribution in [1.82, 2.24) is 20.2 Å². The van der Waals surface area contributed by atoms with Gasteiger partial charge in [-0.05, 0) is 19.9 Å². The highest BCUT2D eigenvalue weighted by Gasteiger charge is 2.10. The zero-order chi connectivity index (χ0) is 13.2. The summed E-state index contributed by atoms with van der Waals surface area (Å²) in [5, 5.41) is 5.98. The Bertz CT molecular complexity index is 327.